The Bertz CT molecular complexity index is 622. The van der Waals surface area contributed by atoms with E-state index in [4.69, 9.17) is 29.0 Å². The molecule has 0 fully saturated rings. The average Bonchev–Trinajstić information content (AvgIpc) is 2.39. The van der Waals surface area contributed by atoms with Gasteiger partial charge in [0.1, 0.15) is 5.82 Å². The molecule has 2 rings (SSSR count). The average molecular weight is 378 g/mol. The molecule has 0 saturated heterocycles. The van der Waals surface area contributed by atoms with Crippen molar-refractivity contribution in [1.82, 2.24) is 5.43 Å². The Morgan fingerprint density at radius 1 is 1.20 bits per heavy atom. The van der Waals surface area contributed by atoms with Crippen molar-refractivity contribution in [3.8, 4) is 0 Å². The molecule has 0 amide bonds. The van der Waals surface area contributed by atoms with Gasteiger partial charge in [0.2, 0.25) is 0 Å². The number of hydrogen-bond donors (Lipinski definition) is 2. The van der Waals surface area contributed by atoms with Crippen LogP contribution in [0.3, 0.4) is 0 Å². The van der Waals surface area contributed by atoms with Crippen molar-refractivity contribution in [2.45, 2.75) is 12.5 Å². The Balaban J connectivity index is 2.28. The number of nitrogens with one attached hydrogen (secondary N) is 1. The zero-order chi connectivity index (χ0) is 14.7. The van der Waals surface area contributed by atoms with Crippen molar-refractivity contribution >= 4 is 39.1 Å². The van der Waals surface area contributed by atoms with Crippen molar-refractivity contribution < 1.29 is 4.39 Å². The lowest BCUT2D eigenvalue weighted by Gasteiger charge is -2.18. The maximum absolute atomic E-state index is 14.0. The van der Waals surface area contributed by atoms with Crippen LogP contribution < -0.4 is 11.3 Å². The summed E-state index contributed by atoms with van der Waals surface area (Å²) in [5, 5.41) is 1.10. The third kappa shape index (κ3) is 3.71. The summed E-state index contributed by atoms with van der Waals surface area (Å²) >= 11 is 15.2. The molecule has 106 valence electrons. The van der Waals surface area contributed by atoms with E-state index in [0.29, 0.717) is 26.5 Å². The molecule has 0 aliphatic rings. The normalized spacial score (nSPS) is 12.4. The topological polar surface area (TPSA) is 38.0 Å². The molecule has 3 N–H and O–H groups in total. The summed E-state index contributed by atoms with van der Waals surface area (Å²) in [4.78, 5) is 0. The van der Waals surface area contributed by atoms with Crippen molar-refractivity contribution in [2.75, 3.05) is 0 Å². The lowest BCUT2D eigenvalue weighted by atomic mass is 9.99. The van der Waals surface area contributed by atoms with Crippen LogP contribution in [0.25, 0.3) is 0 Å². The molecular weight excluding hydrogens is 366 g/mol. The van der Waals surface area contributed by atoms with E-state index in [2.05, 4.69) is 21.4 Å². The van der Waals surface area contributed by atoms with E-state index in [1.807, 2.05) is 6.07 Å². The molecule has 0 heterocycles. The molecule has 2 aromatic carbocycles. The van der Waals surface area contributed by atoms with Crippen LogP contribution in [0.15, 0.2) is 40.9 Å². The maximum atomic E-state index is 14.0. The lowest BCUT2D eigenvalue weighted by molar-refractivity contribution is 0.510. The lowest BCUT2D eigenvalue weighted by Crippen LogP contribution is -2.30. The fourth-order valence-electron chi connectivity index (χ4n) is 1.95. The molecule has 0 aliphatic heterocycles. The molecule has 0 radical (unpaired) electrons. The first-order valence-electron chi connectivity index (χ1n) is 5.86. The monoisotopic (exact) mass is 376 g/mol. The van der Waals surface area contributed by atoms with Gasteiger partial charge in [-0.15, -0.1) is 0 Å². The molecule has 20 heavy (non-hydrogen) atoms. The van der Waals surface area contributed by atoms with Gasteiger partial charge in [0, 0.05) is 20.1 Å². The highest BCUT2D eigenvalue weighted by Crippen LogP contribution is 2.28. The Kier molecular flexibility index (Phi) is 5.41. The SMILES string of the molecule is NNC(Cc1ccc(Cl)cc1Cl)c1ccc(Br)cc1F. The molecule has 0 aliphatic carbocycles. The van der Waals surface area contributed by atoms with Crippen LogP contribution in [-0.2, 0) is 6.42 Å². The van der Waals surface area contributed by atoms with Crippen LogP contribution in [0, 0.1) is 5.82 Å². The summed E-state index contributed by atoms with van der Waals surface area (Å²) in [6, 6.07) is 9.70. The van der Waals surface area contributed by atoms with Gasteiger partial charge in [-0.3, -0.25) is 11.3 Å². The quantitative estimate of drug-likeness (QED) is 0.601. The number of hydrogen-bond acceptors (Lipinski definition) is 2. The Labute approximate surface area is 135 Å². The second-order valence-electron chi connectivity index (χ2n) is 4.32. The standard InChI is InChI=1S/C14H12BrCl2FN2/c15-9-2-4-11(13(18)6-9)14(20-19)5-8-1-3-10(16)7-12(8)17/h1-4,6-7,14,20H,5,19H2. The summed E-state index contributed by atoms with van der Waals surface area (Å²) in [6.07, 6.45) is 0.463. The zero-order valence-electron chi connectivity index (χ0n) is 10.3. The number of nitrogens with two attached hydrogens (primary N) is 1. The molecule has 1 unspecified atom stereocenters. The summed E-state index contributed by atoms with van der Waals surface area (Å²) in [7, 11) is 0. The van der Waals surface area contributed by atoms with Gasteiger partial charge in [-0.05, 0) is 36.2 Å². The first-order chi connectivity index (χ1) is 9.51. The molecule has 0 aromatic heterocycles. The van der Waals surface area contributed by atoms with Gasteiger partial charge < -0.3 is 0 Å². The molecule has 1 atom stereocenters. The molecule has 0 spiro atoms. The number of halogens is 4. The van der Waals surface area contributed by atoms with E-state index in [1.54, 1.807) is 24.3 Å². The van der Waals surface area contributed by atoms with Crippen molar-refractivity contribution in [3.05, 3.63) is 67.9 Å². The van der Waals surface area contributed by atoms with Crippen LogP contribution >= 0.6 is 39.1 Å². The molecule has 2 nitrogen and oxygen atoms in total. The van der Waals surface area contributed by atoms with Gasteiger partial charge in [-0.25, -0.2) is 4.39 Å². The third-order valence-corrected chi connectivity index (χ3v) is 4.06. The summed E-state index contributed by atoms with van der Waals surface area (Å²) in [6.45, 7) is 0. The van der Waals surface area contributed by atoms with Gasteiger partial charge in [-0.1, -0.05) is 51.3 Å². The second-order valence-corrected chi connectivity index (χ2v) is 6.08. The summed E-state index contributed by atoms with van der Waals surface area (Å²) in [5.74, 6) is 5.22. The molecule has 6 heteroatoms. The highest BCUT2D eigenvalue weighted by molar-refractivity contribution is 9.10. The Morgan fingerprint density at radius 3 is 2.55 bits per heavy atom. The second kappa shape index (κ2) is 6.87. The fourth-order valence-corrected chi connectivity index (χ4v) is 2.77. The smallest absolute Gasteiger partial charge is 0.129 e. The summed E-state index contributed by atoms with van der Waals surface area (Å²) < 4.78 is 14.7. The third-order valence-electron chi connectivity index (χ3n) is 2.98. The van der Waals surface area contributed by atoms with Crippen LogP contribution in [0.1, 0.15) is 17.2 Å². The van der Waals surface area contributed by atoms with Crippen LogP contribution in [0.2, 0.25) is 10.0 Å². The molecule has 2 aromatic rings. The van der Waals surface area contributed by atoms with E-state index in [0.717, 1.165) is 5.56 Å². The zero-order valence-corrected chi connectivity index (χ0v) is 13.4. The van der Waals surface area contributed by atoms with Gasteiger partial charge in [0.25, 0.3) is 0 Å². The Hall–Kier alpha value is -0.650. The van der Waals surface area contributed by atoms with E-state index in [-0.39, 0.29) is 11.9 Å². The molecular formula is C14H12BrCl2FN2. The van der Waals surface area contributed by atoms with Crippen LogP contribution in [-0.4, -0.2) is 0 Å². The predicted molar refractivity (Wildman–Crippen MR) is 84.3 cm³/mol. The number of benzene rings is 2. The van der Waals surface area contributed by atoms with Crippen molar-refractivity contribution in [1.29, 1.82) is 0 Å². The first-order valence-corrected chi connectivity index (χ1v) is 7.41. The van der Waals surface area contributed by atoms with Crippen LogP contribution in [0.5, 0.6) is 0 Å². The fraction of sp³-hybridized carbons (Fsp3) is 0.143. The minimum Gasteiger partial charge on any atom is -0.271 e. The van der Waals surface area contributed by atoms with Gasteiger partial charge in [0.05, 0.1) is 6.04 Å². The van der Waals surface area contributed by atoms with Gasteiger partial charge in [0.15, 0.2) is 0 Å². The molecule has 0 bridgehead atoms. The van der Waals surface area contributed by atoms with Crippen molar-refractivity contribution in [3.63, 3.8) is 0 Å². The highest BCUT2D eigenvalue weighted by atomic mass is 79.9. The van der Waals surface area contributed by atoms with E-state index >= 15 is 0 Å². The van der Waals surface area contributed by atoms with E-state index in [1.165, 1.54) is 6.07 Å². The van der Waals surface area contributed by atoms with E-state index < -0.39 is 0 Å². The molecule has 0 saturated carbocycles. The van der Waals surface area contributed by atoms with Crippen LogP contribution in [0.4, 0.5) is 4.39 Å². The summed E-state index contributed by atoms with van der Waals surface area (Å²) in [5.41, 5.74) is 3.96. The minimum atomic E-state index is -0.373. The first kappa shape index (κ1) is 15.7. The minimum absolute atomic E-state index is 0.326. The maximum Gasteiger partial charge on any atom is 0.129 e. The largest absolute Gasteiger partial charge is 0.271 e. The van der Waals surface area contributed by atoms with Gasteiger partial charge in [-0.2, -0.15) is 0 Å². The van der Waals surface area contributed by atoms with Gasteiger partial charge >= 0.3 is 0 Å². The Morgan fingerprint density at radius 2 is 1.95 bits per heavy atom. The predicted octanol–water partition coefficient (Wildman–Crippen LogP) is 4.64. The van der Waals surface area contributed by atoms with Crippen molar-refractivity contribution in [2.24, 2.45) is 5.84 Å². The highest BCUT2D eigenvalue weighted by Gasteiger charge is 2.16. The van der Waals surface area contributed by atoms with E-state index in [9.17, 15) is 4.39 Å². The number of hydrazine groups is 1. The number of rotatable bonds is 4.